The van der Waals surface area contributed by atoms with Crippen LogP contribution in [0.15, 0.2) is 79.5 Å². The minimum absolute atomic E-state index is 0.121. The topological polar surface area (TPSA) is 98.6 Å². The van der Waals surface area contributed by atoms with E-state index in [9.17, 15) is 10.1 Å². The summed E-state index contributed by atoms with van der Waals surface area (Å²) in [6.07, 6.45) is 9.11. The van der Waals surface area contributed by atoms with Crippen molar-refractivity contribution in [2.24, 2.45) is 7.05 Å². The number of carbonyl (C=O) groups is 1. The van der Waals surface area contributed by atoms with Crippen LogP contribution in [-0.2, 0) is 11.8 Å². The first-order valence-corrected chi connectivity index (χ1v) is 13.5. The van der Waals surface area contributed by atoms with E-state index >= 15 is 0 Å². The van der Waals surface area contributed by atoms with Crippen LogP contribution in [0.2, 0.25) is 0 Å². The first-order valence-electron chi connectivity index (χ1n) is 13.5. The Morgan fingerprint density at radius 1 is 0.927 bits per heavy atom. The Bertz CT molecular complexity index is 1720. The van der Waals surface area contributed by atoms with Gasteiger partial charge >= 0.3 is 0 Å². The van der Waals surface area contributed by atoms with Crippen molar-refractivity contribution < 1.29 is 4.79 Å². The van der Waals surface area contributed by atoms with E-state index in [2.05, 4.69) is 27.2 Å². The second-order valence-corrected chi connectivity index (χ2v) is 10.5. The highest BCUT2D eigenvalue weighted by molar-refractivity contribution is 5.87. The van der Waals surface area contributed by atoms with Crippen LogP contribution in [0.1, 0.15) is 17.2 Å². The molecule has 0 N–H and O–H groups in total. The Morgan fingerprint density at radius 2 is 1.71 bits per heavy atom. The number of benzene rings is 1. The average Bonchev–Trinajstić information content (AvgIpc) is 3.63. The van der Waals surface area contributed by atoms with Gasteiger partial charge in [-0.15, -0.1) is 0 Å². The molecule has 1 saturated heterocycles. The molecule has 206 valence electrons. The number of amides is 1. The number of aromatic nitrogens is 5. The van der Waals surface area contributed by atoms with Gasteiger partial charge in [-0.05, 0) is 37.9 Å². The van der Waals surface area contributed by atoms with Gasteiger partial charge in [-0.3, -0.25) is 14.4 Å². The molecule has 5 heterocycles. The number of likely N-dealkylation sites (N-methyl/N-ethyl adjacent to an activating group) is 1. The van der Waals surface area contributed by atoms with Gasteiger partial charge in [0, 0.05) is 74.1 Å². The molecule has 41 heavy (non-hydrogen) atoms. The summed E-state index contributed by atoms with van der Waals surface area (Å²) in [5.41, 5.74) is 5.94. The molecule has 1 aliphatic rings. The molecule has 0 radical (unpaired) electrons. The molecule has 4 aromatic heterocycles. The van der Waals surface area contributed by atoms with Gasteiger partial charge in [0.15, 0.2) is 0 Å². The number of piperazine rings is 1. The summed E-state index contributed by atoms with van der Waals surface area (Å²) < 4.78 is 3.51. The number of nitriles is 1. The summed E-state index contributed by atoms with van der Waals surface area (Å²) in [6.45, 7) is 2.67. The summed E-state index contributed by atoms with van der Waals surface area (Å²) in [4.78, 5) is 24.4. The van der Waals surface area contributed by atoms with Gasteiger partial charge in [-0.1, -0.05) is 30.3 Å². The largest absolute Gasteiger partial charge is 0.353 e. The van der Waals surface area contributed by atoms with E-state index in [1.54, 1.807) is 15.4 Å². The molecule has 0 spiro atoms. The van der Waals surface area contributed by atoms with Gasteiger partial charge in [0.05, 0.1) is 23.5 Å². The van der Waals surface area contributed by atoms with Crippen molar-refractivity contribution in [3.05, 3.63) is 90.6 Å². The summed E-state index contributed by atoms with van der Waals surface area (Å²) in [5, 5.41) is 18.4. The summed E-state index contributed by atoms with van der Waals surface area (Å²) in [6, 6.07) is 18.0. The fraction of sp³-hybridized carbons (Fsp3) is 0.258. The zero-order chi connectivity index (χ0) is 28.5. The Labute approximate surface area is 238 Å². The Hall–Kier alpha value is -5.01. The van der Waals surface area contributed by atoms with Crippen LogP contribution >= 0.6 is 0 Å². The van der Waals surface area contributed by atoms with Crippen LogP contribution < -0.4 is 4.90 Å². The number of hydrogen-bond donors (Lipinski definition) is 0. The molecule has 10 nitrogen and oxygen atoms in total. The zero-order valence-corrected chi connectivity index (χ0v) is 23.3. The number of anilines is 1. The Balaban J connectivity index is 1.22. The molecule has 6 rings (SSSR count). The highest BCUT2D eigenvalue weighted by Gasteiger charge is 2.30. The van der Waals surface area contributed by atoms with Crippen molar-refractivity contribution in [1.82, 2.24) is 34.2 Å². The minimum Gasteiger partial charge on any atom is -0.353 e. The van der Waals surface area contributed by atoms with E-state index in [0.29, 0.717) is 31.7 Å². The highest BCUT2D eigenvalue weighted by atomic mass is 16.2. The molecule has 10 heteroatoms. The van der Waals surface area contributed by atoms with Crippen LogP contribution in [0.4, 0.5) is 5.82 Å². The third-order valence-corrected chi connectivity index (χ3v) is 7.61. The molecule has 5 aromatic rings. The molecular weight excluding hydrogens is 514 g/mol. The Kier molecular flexibility index (Phi) is 6.95. The molecule has 1 amide bonds. The molecular formula is C31H31N9O. The van der Waals surface area contributed by atoms with Crippen molar-refractivity contribution in [1.29, 1.82) is 5.26 Å². The molecule has 1 atom stereocenters. The maximum absolute atomic E-state index is 13.5. The standard InChI is InChI=1S/C31H31N9O/c1-36(2)30(22-7-5-4-6-8-22)31(41)39-13-11-38(12-14-39)28-10-9-23(17-33-28)27-15-24(26-19-34-37(3)20-26)21-40-29(27)25(16-32)18-35-40/h4-10,15,17-21,30H,11-14H2,1-3H3. The zero-order valence-electron chi connectivity index (χ0n) is 23.3. The highest BCUT2D eigenvalue weighted by Crippen LogP contribution is 2.32. The SMILES string of the molecule is CN(C)C(C(=O)N1CCN(c2ccc(-c3cc(-c4cnn(C)c4)cn4ncc(C#N)c34)cn2)CC1)c1ccccc1. The molecule has 0 saturated carbocycles. The average molecular weight is 546 g/mol. The maximum Gasteiger partial charge on any atom is 0.244 e. The summed E-state index contributed by atoms with van der Waals surface area (Å²) in [5.74, 6) is 0.984. The van der Waals surface area contributed by atoms with Gasteiger partial charge in [0.1, 0.15) is 17.9 Å². The third kappa shape index (κ3) is 5.03. The fourth-order valence-electron chi connectivity index (χ4n) is 5.51. The van der Waals surface area contributed by atoms with E-state index in [-0.39, 0.29) is 11.9 Å². The van der Waals surface area contributed by atoms with E-state index in [4.69, 9.17) is 4.98 Å². The number of nitrogens with zero attached hydrogens (tertiary/aromatic N) is 9. The number of aryl methyl sites for hydroxylation is 1. The van der Waals surface area contributed by atoms with Gasteiger partial charge in [-0.25, -0.2) is 9.50 Å². The van der Waals surface area contributed by atoms with Gasteiger partial charge in [-0.2, -0.15) is 15.5 Å². The first kappa shape index (κ1) is 26.2. The lowest BCUT2D eigenvalue weighted by atomic mass is 10.0. The predicted molar refractivity (Wildman–Crippen MR) is 157 cm³/mol. The lowest BCUT2D eigenvalue weighted by molar-refractivity contribution is -0.136. The second-order valence-electron chi connectivity index (χ2n) is 10.5. The van der Waals surface area contributed by atoms with E-state index in [1.165, 1.54) is 0 Å². The van der Waals surface area contributed by atoms with Crippen LogP contribution in [0.25, 0.3) is 27.8 Å². The number of fused-ring (bicyclic) bond motifs is 1. The normalized spacial score (nSPS) is 14.4. The maximum atomic E-state index is 13.5. The van der Waals surface area contributed by atoms with E-state index in [1.807, 2.05) is 98.2 Å². The fourth-order valence-corrected chi connectivity index (χ4v) is 5.51. The third-order valence-electron chi connectivity index (χ3n) is 7.61. The van der Waals surface area contributed by atoms with Crippen LogP contribution in [-0.4, -0.2) is 80.4 Å². The molecule has 1 aromatic carbocycles. The number of pyridine rings is 2. The smallest absolute Gasteiger partial charge is 0.244 e. The molecule has 0 bridgehead atoms. The second kappa shape index (κ2) is 10.9. The van der Waals surface area contributed by atoms with Crippen LogP contribution in [0.5, 0.6) is 0 Å². The summed E-state index contributed by atoms with van der Waals surface area (Å²) >= 11 is 0. The van der Waals surface area contributed by atoms with Gasteiger partial charge < -0.3 is 9.80 Å². The van der Waals surface area contributed by atoms with E-state index < -0.39 is 0 Å². The number of rotatable bonds is 6. The minimum atomic E-state index is -0.304. The summed E-state index contributed by atoms with van der Waals surface area (Å²) in [7, 11) is 5.77. The van der Waals surface area contributed by atoms with Gasteiger partial charge in [0.25, 0.3) is 0 Å². The molecule has 1 fully saturated rings. The van der Waals surface area contributed by atoms with Crippen LogP contribution in [0, 0.1) is 11.3 Å². The lowest BCUT2D eigenvalue weighted by Gasteiger charge is -2.38. The Morgan fingerprint density at radius 3 is 2.34 bits per heavy atom. The van der Waals surface area contributed by atoms with Crippen molar-refractivity contribution in [2.75, 3.05) is 45.2 Å². The van der Waals surface area contributed by atoms with Crippen molar-refractivity contribution in [2.45, 2.75) is 6.04 Å². The van der Waals surface area contributed by atoms with Crippen molar-refractivity contribution in [3.63, 3.8) is 0 Å². The molecule has 1 aliphatic heterocycles. The number of carbonyl (C=O) groups excluding carboxylic acids is 1. The number of hydrogen-bond acceptors (Lipinski definition) is 7. The van der Waals surface area contributed by atoms with Crippen LogP contribution in [0.3, 0.4) is 0 Å². The van der Waals surface area contributed by atoms with Gasteiger partial charge in [0.2, 0.25) is 5.91 Å². The monoisotopic (exact) mass is 545 g/mol. The van der Waals surface area contributed by atoms with Crippen molar-refractivity contribution >= 4 is 17.2 Å². The first-order chi connectivity index (χ1) is 19.9. The quantitative estimate of drug-likeness (QED) is 0.321. The van der Waals surface area contributed by atoms with Crippen molar-refractivity contribution in [3.8, 4) is 28.3 Å². The predicted octanol–water partition coefficient (Wildman–Crippen LogP) is 3.62. The van der Waals surface area contributed by atoms with E-state index in [0.717, 1.165) is 39.2 Å². The molecule has 0 aliphatic carbocycles. The lowest BCUT2D eigenvalue weighted by Crippen LogP contribution is -2.51. The molecule has 1 unspecified atom stereocenters.